The van der Waals surface area contributed by atoms with Crippen molar-refractivity contribution in [2.75, 3.05) is 4.90 Å². The zero-order valence-corrected chi connectivity index (χ0v) is 15.1. The van der Waals surface area contributed by atoms with Crippen molar-refractivity contribution in [3.8, 4) is 0 Å². The van der Waals surface area contributed by atoms with Gasteiger partial charge in [-0.3, -0.25) is 9.69 Å². The first-order valence-electron chi connectivity index (χ1n) is 8.83. The maximum Gasteiger partial charge on any atom is 0.335 e. The summed E-state index contributed by atoms with van der Waals surface area (Å²) in [7, 11) is 0. The van der Waals surface area contributed by atoms with Crippen LogP contribution in [0, 0.1) is 5.82 Å². The van der Waals surface area contributed by atoms with E-state index in [9.17, 15) is 14.0 Å². The molecule has 3 aromatic rings. The molecule has 1 aliphatic rings. The van der Waals surface area contributed by atoms with Gasteiger partial charge in [0.15, 0.2) is 5.84 Å². The minimum absolute atomic E-state index is 0.134. The predicted octanol–water partition coefficient (Wildman–Crippen LogP) is 4.36. The molecular formula is C23H15FN2O3. The van der Waals surface area contributed by atoms with Gasteiger partial charge in [-0.15, -0.1) is 0 Å². The molecule has 1 heterocycles. The number of rotatable bonds is 4. The zero-order chi connectivity index (χ0) is 20.4. The van der Waals surface area contributed by atoms with Crippen molar-refractivity contribution >= 4 is 29.5 Å². The van der Waals surface area contributed by atoms with Crippen LogP contribution in [0.1, 0.15) is 21.5 Å². The lowest BCUT2D eigenvalue weighted by Crippen LogP contribution is -2.33. The number of amidine groups is 1. The Labute approximate surface area is 166 Å². The summed E-state index contributed by atoms with van der Waals surface area (Å²) in [5, 5.41) is 9.02. The number of carbonyl (C=O) groups excluding carboxylic acids is 1. The van der Waals surface area contributed by atoms with E-state index in [0.29, 0.717) is 11.3 Å². The number of hydrogen-bond donors (Lipinski definition) is 1. The standard InChI is InChI=1S/C23H15FN2O3/c24-19-9-5-4-8-18(19)21-25-20(14-15-10-12-16(13-11-15)23(28)29)22(27)26(21)17-6-2-1-3-7-17/h1-14H,(H,28,29)/b20-14+. The molecule has 5 nitrogen and oxygen atoms in total. The second kappa shape index (κ2) is 7.52. The smallest absolute Gasteiger partial charge is 0.335 e. The summed E-state index contributed by atoms with van der Waals surface area (Å²) in [5.41, 5.74) is 1.69. The van der Waals surface area contributed by atoms with E-state index in [0.717, 1.165) is 0 Å². The highest BCUT2D eigenvalue weighted by Crippen LogP contribution is 2.28. The van der Waals surface area contributed by atoms with Crippen molar-refractivity contribution in [1.82, 2.24) is 0 Å². The van der Waals surface area contributed by atoms with Crippen LogP contribution in [-0.4, -0.2) is 22.8 Å². The van der Waals surface area contributed by atoms with E-state index in [1.165, 1.54) is 23.1 Å². The van der Waals surface area contributed by atoms with Crippen molar-refractivity contribution < 1.29 is 19.1 Å². The number of carboxylic acids is 1. The van der Waals surface area contributed by atoms with Crippen LogP contribution in [-0.2, 0) is 4.79 Å². The van der Waals surface area contributed by atoms with Gasteiger partial charge in [-0.2, -0.15) is 0 Å². The minimum Gasteiger partial charge on any atom is -0.478 e. The van der Waals surface area contributed by atoms with Gasteiger partial charge in [0.25, 0.3) is 5.91 Å². The number of carbonyl (C=O) groups is 2. The summed E-state index contributed by atoms with van der Waals surface area (Å²) in [6, 6.07) is 21.1. The number of anilines is 1. The van der Waals surface area contributed by atoms with Gasteiger partial charge >= 0.3 is 5.97 Å². The first-order chi connectivity index (χ1) is 14.0. The van der Waals surface area contributed by atoms with E-state index in [1.54, 1.807) is 60.7 Å². The molecule has 0 fully saturated rings. The maximum atomic E-state index is 14.4. The SMILES string of the molecule is O=C(O)c1ccc(/C=C2/N=C(c3ccccc3F)N(c3ccccc3)C2=O)cc1. The van der Waals surface area contributed by atoms with Crippen molar-refractivity contribution in [3.63, 3.8) is 0 Å². The van der Waals surface area contributed by atoms with E-state index in [4.69, 9.17) is 5.11 Å². The minimum atomic E-state index is -1.03. The summed E-state index contributed by atoms with van der Waals surface area (Å²) < 4.78 is 14.4. The van der Waals surface area contributed by atoms with Gasteiger partial charge in [0.1, 0.15) is 11.5 Å². The molecule has 3 aromatic carbocycles. The van der Waals surface area contributed by atoms with Crippen LogP contribution < -0.4 is 4.90 Å². The van der Waals surface area contributed by atoms with Crippen LogP contribution in [0.4, 0.5) is 10.1 Å². The highest BCUT2D eigenvalue weighted by Gasteiger charge is 2.33. The van der Waals surface area contributed by atoms with Crippen LogP contribution in [0.5, 0.6) is 0 Å². The second-order valence-electron chi connectivity index (χ2n) is 6.35. The molecule has 29 heavy (non-hydrogen) atoms. The van der Waals surface area contributed by atoms with E-state index >= 15 is 0 Å². The lowest BCUT2D eigenvalue weighted by molar-refractivity contribution is -0.113. The van der Waals surface area contributed by atoms with Gasteiger partial charge in [-0.25, -0.2) is 14.2 Å². The first kappa shape index (κ1) is 18.3. The summed E-state index contributed by atoms with van der Waals surface area (Å²) >= 11 is 0. The van der Waals surface area contributed by atoms with Crippen LogP contribution in [0.3, 0.4) is 0 Å². The number of carboxylic acid groups (broad SMARTS) is 1. The average molecular weight is 386 g/mol. The molecule has 0 aromatic heterocycles. The fraction of sp³-hybridized carbons (Fsp3) is 0. The fourth-order valence-corrected chi connectivity index (χ4v) is 3.04. The lowest BCUT2D eigenvalue weighted by Gasteiger charge is -2.18. The third kappa shape index (κ3) is 3.55. The molecule has 0 unspecified atom stereocenters. The summed E-state index contributed by atoms with van der Waals surface area (Å²) in [4.78, 5) is 29.9. The van der Waals surface area contributed by atoms with Gasteiger partial charge in [0, 0.05) is 0 Å². The molecule has 1 aliphatic heterocycles. The quantitative estimate of drug-likeness (QED) is 0.678. The Bertz CT molecular complexity index is 1150. The van der Waals surface area contributed by atoms with Gasteiger partial charge in [0.2, 0.25) is 0 Å². The third-order valence-corrected chi connectivity index (χ3v) is 4.45. The molecule has 142 valence electrons. The number of nitrogens with zero attached hydrogens (tertiary/aromatic N) is 2. The van der Waals surface area contributed by atoms with E-state index in [-0.39, 0.29) is 22.7 Å². The van der Waals surface area contributed by atoms with Crippen LogP contribution in [0.25, 0.3) is 6.08 Å². The number of amides is 1. The van der Waals surface area contributed by atoms with Crippen LogP contribution in [0.2, 0.25) is 0 Å². The first-order valence-corrected chi connectivity index (χ1v) is 8.83. The number of para-hydroxylation sites is 1. The monoisotopic (exact) mass is 386 g/mol. The molecule has 6 heteroatoms. The molecule has 0 aliphatic carbocycles. The Morgan fingerprint density at radius 1 is 0.931 bits per heavy atom. The van der Waals surface area contributed by atoms with Crippen molar-refractivity contribution in [2.45, 2.75) is 0 Å². The Balaban J connectivity index is 1.80. The van der Waals surface area contributed by atoms with E-state index in [2.05, 4.69) is 4.99 Å². The summed E-state index contributed by atoms with van der Waals surface area (Å²) in [6.45, 7) is 0. The maximum absolute atomic E-state index is 14.4. The number of benzene rings is 3. The highest BCUT2D eigenvalue weighted by atomic mass is 19.1. The van der Waals surface area contributed by atoms with Crippen molar-refractivity contribution in [1.29, 1.82) is 0 Å². The van der Waals surface area contributed by atoms with Crippen molar-refractivity contribution in [3.05, 3.63) is 107 Å². The molecular weight excluding hydrogens is 371 g/mol. The fourth-order valence-electron chi connectivity index (χ4n) is 3.04. The molecule has 0 atom stereocenters. The molecule has 0 bridgehead atoms. The van der Waals surface area contributed by atoms with E-state index < -0.39 is 17.7 Å². The Morgan fingerprint density at radius 3 is 2.24 bits per heavy atom. The molecule has 0 spiro atoms. The number of halogens is 1. The van der Waals surface area contributed by atoms with Gasteiger partial charge in [0.05, 0.1) is 16.8 Å². The largest absolute Gasteiger partial charge is 0.478 e. The molecule has 0 saturated carbocycles. The number of aromatic carboxylic acids is 1. The second-order valence-corrected chi connectivity index (χ2v) is 6.35. The van der Waals surface area contributed by atoms with Gasteiger partial charge < -0.3 is 5.11 Å². The average Bonchev–Trinajstić information content (AvgIpc) is 3.05. The number of aliphatic imine (C=N–C) groups is 1. The van der Waals surface area contributed by atoms with Gasteiger partial charge in [-0.05, 0) is 48.0 Å². The lowest BCUT2D eigenvalue weighted by atomic mass is 10.1. The normalized spacial score (nSPS) is 14.9. The molecule has 4 rings (SSSR count). The summed E-state index contributed by atoms with van der Waals surface area (Å²) in [6.07, 6.45) is 1.55. The van der Waals surface area contributed by atoms with E-state index in [1.807, 2.05) is 6.07 Å². The molecule has 0 saturated heterocycles. The topological polar surface area (TPSA) is 70.0 Å². The van der Waals surface area contributed by atoms with Crippen LogP contribution in [0.15, 0.2) is 89.6 Å². The predicted molar refractivity (Wildman–Crippen MR) is 108 cm³/mol. The Morgan fingerprint density at radius 2 is 1.59 bits per heavy atom. The van der Waals surface area contributed by atoms with Crippen molar-refractivity contribution in [2.24, 2.45) is 4.99 Å². The van der Waals surface area contributed by atoms with Gasteiger partial charge in [-0.1, -0.05) is 42.5 Å². The van der Waals surface area contributed by atoms with Crippen LogP contribution >= 0.6 is 0 Å². The Hall–Kier alpha value is -4.06. The summed E-state index contributed by atoms with van der Waals surface area (Å²) in [5.74, 6) is -1.70. The Kier molecular flexibility index (Phi) is 4.75. The molecule has 1 amide bonds. The molecule has 0 radical (unpaired) electrons. The zero-order valence-electron chi connectivity index (χ0n) is 15.1. The number of hydrogen-bond acceptors (Lipinski definition) is 3. The third-order valence-electron chi connectivity index (χ3n) is 4.45. The highest BCUT2D eigenvalue weighted by molar-refractivity contribution is 6.33. The molecule has 1 N–H and O–H groups in total.